The summed E-state index contributed by atoms with van der Waals surface area (Å²) in [4.78, 5) is 17.2. The fourth-order valence-electron chi connectivity index (χ4n) is 4.64. The van der Waals surface area contributed by atoms with E-state index in [2.05, 4.69) is 17.0 Å². The fourth-order valence-corrected chi connectivity index (χ4v) is 4.64. The molecule has 1 heterocycles. The Morgan fingerprint density at radius 3 is 2.33 bits per heavy atom. The number of carbonyl (C=O) groups is 1. The molecule has 1 aromatic carbocycles. The highest BCUT2D eigenvalue weighted by Gasteiger charge is 2.53. The quantitative estimate of drug-likeness (QED) is 0.627. The molecule has 0 radical (unpaired) electrons. The predicted molar refractivity (Wildman–Crippen MR) is 113 cm³/mol. The number of ether oxygens (including phenoxy) is 1. The van der Waals surface area contributed by atoms with Crippen LogP contribution in [0.25, 0.3) is 0 Å². The predicted octanol–water partition coefficient (Wildman–Crippen LogP) is 5.29. The van der Waals surface area contributed by atoms with Crippen LogP contribution in [0, 0.1) is 5.41 Å². The van der Waals surface area contributed by atoms with Crippen molar-refractivity contribution in [3.63, 3.8) is 0 Å². The van der Waals surface area contributed by atoms with Crippen molar-refractivity contribution in [1.29, 1.82) is 0 Å². The van der Waals surface area contributed by atoms with Crippen molar-refractivity contribution in [3.8, 4) is 0 Å². The second-order valence-corrected chi connectivity index (χ2v) is 10.6. The molecule has 1 aliphatic heterocycles. The van der Waals surface area contributed by atoms with E-state index in [4.69, 9.17) is 4.74 Å². The molecule has 30 heavy (non-hydrogen) atoms. The number of nitrogens with zero attached hydrogens (tertiary/aromatic N) is 2. The lowest BCUT2D eigenvalue weighted by molar-refractivity contribution is -0.0589. The van der Waals surface area contributed by atoms with Gasteiger partial charge >= 0.3 is 6.09 Å². The lowest BCUT2D eigenvalue weighted by Crippen LogP contribution is -2.47. The number of piperidine rings is 1. The molecular formula is C24H34F2N2O2. The Balaban J connectivity index is 1.43. The van der Waals surface area contributed by atoms with Crippen molar-refractivity contribution in [2.75, 3.05) is 26.2 Å². The maximum Gasteiger partial charge on any atom is 0.410 e. The van der Waals surface area contributed by atoms with Gasteiger partial charge in [0, 0.05) is 56.4 Å². The zero-order valence-electron chi connectivity index (χ0n) is 18.4. The van der Waals surface area contributed by atoms with Crippen LogP contribution in [-0.4, -0.2) is 59.6 Å². The third-order valence-corrected chi connectivity index (χ3v) is 6.62. The van der Waals surface area contributed by atoms with Gasteiger partial charge in [0.1, 0.15) is 5.60 Å². The molecule has 2 saturated carbocycles. The second kappa shape index (κ2) is 7.77. The third-order valence-electron chi connectivity index (χ3n) is 6.62. The highest BCUT2D eigenvalue weighted by molar-refractivity contribution is 5.69. The molecule has 0 aromatic heterocycles. The minimum absolute atomic E-state index is 0.0212. The normalized spacial score (nSPS) is 27.4. The van der Waals surface area contributed by atoms with Crippen LogP contribution in [-0.2, 0) is 4.74 Å². The molecule has 4 rings (SSSR count). The molecule has 2 atom stereocenters. The van der Waals surface area contributed by atoms with Crippen molar-refractivity contribution < 1.29 is 18.3 Å². The smallest absolute Gasteiger partial charge is 0.410 e. The van der Waals surface area contributed by atoms with E-state index in [1.807, 2.05) is 43.9 Å². The third kappa shape index (κ3) is 5.32. The van der Waals surface area contributed by atoms with Crippen molar-refractivity contribution in [2.24, 2.45) is 5.41 Å². The highest BCUT2D eigenvalue weighted by atomic mass is 19.3. The molecule has 4 nitrogen and oxygen atoms in total. The first kappa shape index (κ1) is 21.5. The number of halogens is 2. The number of likely N-dealkylation sites (tertiary alicyclic amines) is 1. The van der Waals surface area contributed by atoms with Gasteiger partial charge in [-0.05, 0) is 45.6 Å². The van der Waals surface area contributed by atoms with Gasteiger partial charge in [0.05, 0.1) is 0 Å². The first-order valence-corrected chi connectivity index (χ1v) is 11.2. The van der Waals surface area contributed by atoms with Crippen LogP contribution in [0.15, 0.2) is 30.3 Å². The monoisotopic (exact) mass is 420 g/mol. The summed E-state index contributed by atoms with van der Waals surface area (Å²) < 4.78 is 32.8. The van der Waals surface area contributed by atoms with E-state index in [0.29, 0.717) is 25.6 Å². The highest BCUT2D eigenvalue weighted by Crippen LogP contribution is 2.52. The molecule has 0 spiro atoms. The van der Waals surface area contributed by atoms with Gasteiger partial charge in [-0.3, -0.25) is 0 Å². The molecule has 1 unspecified atom stereocenters. The van der Waals surface area contributed by atoms with Gasteiger partial charge in [-0.2, -0.15) is 0 Å². The summed E-state index contributed by atoms with van der Waals surface area (Å²) >= 11 is 0. The number of carbonyl (C=O) groups excluding carboxylic acids is 1. The number of hydrogen-bond donors (Lipinski definition) is 0. The summed E-state index contributed by atoms with van der Waals surface area (Å²) in [5.74, 6) is -2.17. The van der Waals surface area contributed by atoms with Gasteiger partial charge in [0.15, 0.2) is 0 Å². The summed E-state index contributed by atoms with van der Waals surface area (Å²) in [6.07, 6.45) is 2.68. The van der Waals surface area contributed by atoms with E-state index in [-0.39, 0.29) is 30.4 Å². The molecule has 6 heteroatoms. The van der Waals surface area contributed by atoms with Crippen LogP contribution in [0.2, 0.25) is 0 Å². The molecular weight excluding hydrogens is 386 g/mol. The summed E-state index contributed by atoms with van der Waals surface area (Å²) in [6.45, 7) is 8.02. The molecule has 3 aliphatic rings. The Hall–Kier alpha value is -1.69. The summed E-state index contributed by atoms with van der Waals surface area (Å²) in [5, 5.41) is 0. The zero-order chi connectivity index (χ0) is 21.6. The van der Waals surface area contributed by atoms with Crippen LogP contribution in [0.3, 0.4) is 0 Å². The minimum atomic E-state index is -2.52. The van der Waals surface area contributed by atoms with E-state index in [1.54, 1.807) is 0 Å². The van der Waals surface area contributed by atoms with Crippen LogP contribution in [0.4, 0.5) is 13.6 Å². The standard InChI is InChI=1S/C24H34F2N2O2/c1-22(2,3)30-21(29)28(20-15-19(20)18-7-5-4-6-8-18)17-23(9-10-23)16-27-13-11-24(25,26)12-14-27/h4-8,19-20H,9-17H2,1-3H3/t19?,20-/m0/s1. The lowest BCUT2D eigenvalue weighted by atomic mass is 10.0. The summed E-state index contributed by atoms with van der Waals surface area (Å²) in [5.41, 5.74) is 0.744. The molecule has 3 fully saturated rings. The van der Waals surface area contributed by atoms with Gasteiger partial charge in [-0.1, -0.05) is 30.3 Å². The summed E-state index contributed by atoms with van der Waals surface area (Å²) in [7, 11) is 0. The first-order chi connectivity index (χ1) is 14.1. The molecule has 166 valence electrons. The van der Waals surface area contributed by atoms with Crippen molar-refractivity contribution >= 4 is 6.09 Å². The second-order valence-electron chi connectivity index (χ2n) is 10.6. The number of amides is 1. The van der Waals surface area contributed by atoms with E-state index < -0.39 is 11.5 Å². The Kier molecular flexibility index (Phi) is 5.58. The van der Waals surface area contributed by atoms with Gasteiger partial charge in [-0.15, -0.1) is 0 Å². The van der Waals surface area contributed by atoms with Gasteiger partial charge in [-0.25, -0.2) is 13.6 Å². The molecule has 0 N–H and O–H groups in total. The Morgan fingerprint density at radius 2 is 1.77 bits per heavy atom. The van der Waals surface area contributed by atoms with E-state index >= 15 is 0 Å². The van der Waals surface area contributed by atoms with Crippen LogP contribution >= 0.6 is 0 Å². The molecule has 1 saturated heterocycles. The van der Waals surface area contributed by atoms with E-state index in [1.165, 1.54) is 5.56 Å². The average Bonchev–Trinajstić information content (AvgIpc) is 3.57. The van der Waals surface area contributed by atoms with Crippen molar-refractivity contribution in [3.05, 3.63) is 35.9 Å². The van der Waals surface area contributed by atoms with Gasteiger partial charge < -0.3 is 14.5 Å². The SMILES string of the molecule is CC(C)(C)OC(=O)N(CC1(CN2CCC(F)(F)CC2)CC1)[C@H]1CC1c1ccccc1. The van der Waals surface area contributed by atoms with Crippen LogP contribution in [0.5, 0.6) is 0 Å². The Bertz CT molecular complexity index is 748. The number of benzene rings is 1. The average molecular weight is 421 g/mol. The fraction of sp³-hybridized carbons (Fsp3) is 0.708. The van der Waals surface area contributed by atoms with Crippen molar-refractivity contribution in [1.82, 2.24) is 9.80 Å². The van der Waals surface area contributed by atoms with Crippen LogP contribution in [0.1, 0.15) is 64.4 Å². The Morgan fingerprint density at radius 1 is 1.13 bits per heavy atom. The molecule has 0 bridgehead atoms. The largest absolute Gasteiger partial charge is 0.444 e. The summed E-state index contributed by atoms with van der Waals surface area (Å²) in [6, 6.07) is 10.5. The maximum absolute atomic E-state index is 13.5. The minimum Gasteiger partial charge on any atom is -0.444 e. The maximum atomic E-state index is 13.5. The molecule has 1 aromatic rings. The van der Waals surface area contributed by atoms with Gasteiger partial charge in [0.25, 0.3) is 5.92 Å². The molecule has 1 amide bonds. The lowest BCUT2D eigenvalue weighted by Gasteiger charge is -2.36. The van der Waals surface area contributed by atoms with Crippen LogP contribution < -0.4 is 0 Å². The van der Waals surface area contributed by atoms with Crippen molar-refractivity contribution in [2.45, 2.75) is 76.4 Å². The Labute approximate surface area is 178 Å². The van der Waals surface area contributed by atoms with E-state index in [9.17, 15) is 13.6 Å². The van der Waals surface area contributed by atoms with E-state index in [0.717, 1.165) is 25.8 Å². The number of hydrogen-bond acceptors (Lipinski definition) is 3. The molecule has 2 aliphatic carbocycles. The number of rotatable bonds is 6. The zero-order valence-corrected chi connectivity index (χ0v) is 18.4. The topological polar surface area (TPSA) is 32.8 Å². The first-order valence-electron chi connectivity index (χ1n) is 11.2. The van der Waals surface area contributed by atoms with Gasteiger partial charge in [0.2, 0.25) is 0 Å². The number of alkyl halides is 2.